The average Bonchev–Trinajstić information content (AvgIpc) is 1.95. The molecule has 3 heteroatoms. The van der Waals surface area contributed by atoms with E-state index >= 15 is 0 Å². The predicted octanol–water partition coefficient (Wildman–Crippen LogP) is 0.932. The van der Waals surface area contributed by atoms with Gasteiger partial charge in [-0.3, -0.25) is 0 Å². The van der Waals surface area contributed by atoms with E-state index in [4.69, 9.17) is 5.11 Å². The highest BCUT2D eigenvalue weighted by atomic mass is 16.4. The van der Waals surface area contributed by atoms with Crippen LogP contribution in [0.25, 0.3) is 0 Å². The lowest BCUT2D eigenvalue weighted by Gasteiger charge is -2.28. The molecule has 1 saturated carbocycles. The highest BCUT2D eigenvalue weighted by Gasteiger charge is 2.37. The van der Waals surface area contributed by atoms with E-state index in [1.807, 2.05) is 0 Å². The molecule has 0 unspecified atom stereocenters. The maximum Gasteiger partial charge on any atom is 0.335 e. The second-order valence-electron chi connectivity index (χ2n) is 3.09. The lowest BCUT2D eigenvalue weighted by Crippen LogP contribution is -2.40. The maximum absolute atomic E-state index is 10.5. The molecular weight excluding hydrogens is 144 g/mol. The Morgan fingerprint density at radius 1 is 1.45 bits per heavy atom. The first kappa shape index (κ1) is 8.27. The number of carboxylic acids is 1. The van der Waals surface area contributed by atoms with E-state index < -0.39 is 11.6 Å². The summed E-state index contributed by atoms with van der Waals surface area (Å²) in [5.41, 5.74) is -0.447. The fourth-order valence-corrected chi connectivity index (χ4v) is 1.23. The molecule has 0 spiro atoms. The van der Waals surface area contributed by atoms with Crippen LogP contribution in [0.1, 0.15) is 25.7 Å². The van der Waals surface area contributed by atoms with Crippen molar-refractivity contribution in [1.29, 1.82) is 0 Å². The summed E-state index contributed by atoms with van der Waals surface area (Å²) in [5.74, 6) is -1.11. The lowest BCUT2D eigenvalue weighted by atomic mass is 9.83. The van der Waals surface area contributed by atoms with Crippen molar-refractivity contribution in [2.45, 2.75) is 31.3 Å². The van der Waals surface area contributed by atoms with Gasteiger partial charge in [-0.2, -0.15) is 0 Å². The third kappa shape index (κ3) is 1.60. The minimum absolute atomic E-state index is 0.307. The highest BCUT2D eigenvalue weighted by Crippen LogP contribution is 2.30. The van der Waals surface area contributed by atoms with Crippen LogP contribution >= 0.6 is 0 Å². The molecule has 0 amide bonds. The first-order valence-corrected chi connectivity index (χ1v) is 3.67. The molecule has 62 valence electrons. The predicted molar refractivity (Wildman–Crippen MR) is 40.2 cm³/mol. The zero-order chi connectivity index (χ0) is 8.48. The summed E-state index contributed by atoms with van der Waals surface area (Å²) in [6, 6.07) is 0. The van der Waals surface area contributed by atoms with Crippen LogP contribution in [-0.2, 0) is 4.79 Å². The minimum Gasteiger partial charge on any atom is -0.479 e. The summed E-state index contributed by atoms with van der Waals surface area (Å²) in [6.07, 6.45) is 1.87. The summed E-state index contributed by atoms with van der Waals surface area (Å²) < 4.78 is 0. The first-order chi connectivity index (χ1) is 5.04. The van der Waals surface area contributed by atoms with Crippen molar-refractivity contribution in [1.82, 2.24) is 0 Å². The summed E-state index contributed by atoms with van der Waals surface area (Å²) in [4.78, 5) is 10.5. The van der Waals surface area contributed by atoms with Gasteiger partial charge in [-0.25, -0.2) is 4.79 Å². The molecule has 0 aliphatic heterocycles. The van der Waals surface area contributed by atoms with Crippen molar-refractivity contribution >= 4 is 5.97 Å². The number of carboxylic acid groups (broad SMARTS) is 1. The second-order valence-corrected chi connectivity index (χ2v) is 3.09. The van der Waals surface area contributed by atoms with Gasteiger partial charge in [0.25, 0.3) is 0 Å². The number of hydrogen-bond acceptors (Lipinski definition) is 2. The summed E-state index contributed by atoms with van der Waals surface area (Å²) in [6.45, 7) is 3.74. The maximum atomic E-state index is 10.5. The Balaban J connectivity index is 2.62. The number of hydrogen-bond donors (Lipinski definition) is 2. The van der Waals surface area contributed by atoms with Crippen LogP contribution in [0.2, 0.25) is 0 Å². The molecule has 0 bridgehead atoms. The summed E-state index contributed by atoms with van der Waals surface area (Å²) >= 11 is 0. The molecule has 3 nitrogen and oxygen atoms in total. The standard InChI is InChI=1S/C8H12O3/c1-6-2-4-8(11,5-3-6)7(9)10/h11H,1-5H2,(H,9,10). The van der Waals surface area contributed by atoms with Crippen molar-refractivity contribution in [3.8, 4) is 0 Å². The molecule has 0 radical (unpaired) electrons. The van der Waals surface area contributed by atoms with Gasteiger partial charge < -0.3 is 10.2 Å². The number of allylic oxidation sites excluding steroid dienone is 1. The van der Waals surface area contributed by atoms with Gasteiger partial charge in [-0.1, -0.05) is 12.2 Å². The Morgan fingerprint density at radius 3 is 2.27 bits per heavy atom. The number of rotatable bonds is 1. The monoisotopic (exact) mass is 156 g/mol. The quantitative estimate of drug-likeness (QED) is 0.555. The normalized spacial score (nSPS) is 23.2. The summed E-state index contributed by atoms with van der Waals surface area (Å²) in [7, 11) is 0. The van der Waals surface area contributed by atoms with Crippen LogP contribution in [0.3, 0.4) is 0 Å². The molecule has 0 aromatic rings. The Hall–Kier alpha value is -0.830. The van der Waals surface area contributed by atoms with E-state index in [9.17, 15) is 9.90 Å². The van der Waals surface area contributed by atoms with Crippen LogP contribution in [-0.4, -0.2) is 21.8 Å². The van der Waals surface area contributed by atoms with Crippen molar-refractivity contribution in [3.63, 3.8) is 0 Å². The molecule has 1 aliphatic rings. The number of aliphatic hydroxyl groups is 1. The van der Waals surface area contributed by atoms with Crippen molar-refractivity contribution in [2.24, 2.45) is 0 Å². The Morgan fingerprint density at radius 2 is 1.91 bits per heavy atom. The third-order valence-electron chi connectivity index (χ3n) is 2.18. The molecule has 0 heterocycles. The van der Waals surface area contributed by atoms with Crippen molar-refractivity contribution < 1.29 is 15.0 Å². The Bertz CT molecular complexity index is 186. The van der Waals surface area contributed by atoms with Gasteiger partial charge in [0, 0.05) is 0 Å². The molecule has 1 fully saturated rings. The molecular formula is C8H12O3. The smallest absolute Gasteiger partial charge is 0.335 e. The van der Waals surface area contributed by atoms with Crippen molar-refractivity contribution in [3.05, 3.63) is 12.2 Å². The molecule has 2 N–H and O–H groups in total. The Labute approximate surface area is 65.3 Å². The van der Waals surface area contributed by atoms with Crippen LogP contribution < -0.4 is 0 Å². The molecule has 0 aromatic heterocycles. The highest BCUT2D eigenvalue weighted by molar-refractivity contribution is 5.77. The fraction of sp³-hybridized carbons (Fsp3) is 0.625. The van der Waals surface area contributed by atoms with Crippen LogP contribution in [0, 0.1) is 0 Å². The molecule has 0 saturated heterocycles. The van der Waals surface area contributed by atoms with Gasteiger partial charge in [0.05, 0.1) is 0 Å². The molecule has 11 heavy (non-hydrogen) atoms. The molecule has 0 atom stereocenters. The van der Waals surface area contributed by atoms with Crippen molar-refractivity contribution in [2.75, 3.05) is 0 Å². The molecule has 1 rings (SSSR count). The zero-order valence-electron chi connectivity index (χ0n) is 6.34. The molecule has 0 aromatic carbocycles. The van der Waals surface area contributed by atoms with Gasteiger partial charge in [0.2, 0.25) is 0 Å². The van der Waals surface area contributed by atoms with E-state index in [1.165, 1.54) is 0 Å². The number of carbonyl (C=O) groups is 1. The van der Waals surface area contributed by atoms with Crippen LogP contribution in [0.5, 0.6) is 0 Å². The van der Waals surface area contributed by atoms with Crippen LogP contribution in [0.15, 0.2) is 12.2 Å². The third-order valence-corrected chi connectivity index (χ3v) is 2.18. The van der Waals surface area contributed by atoms with E-state index in [0.29, 0.717) is 25.7 Å². The minimum atomic E-state index is -1.48. The topological polar surface area (TPSA) is 57.5 Å². The van der Waals surface area contributed by atoms with Gasteiger partial charge in [-0.05, 0) is 25.7 Å². The fourth-order valence-electron chi connectivity index (χ4n) is 1.23. The summed E-state index contributed by atoms with van der Waals surface area (Å²) in [5, 5.41) is 18.0. The van der Waals surface area contributed by atoms with Gasteiger partial charge in [0.15, 0.2) is 5.60 Å². The van der Waals surface area contributed by atoms with Gasteiger partial charge >= 0.3 is 5.97 Å². The average molecular weight is 156 g/mol. The van der Waals surface area contributed by atoms with E-state index in [0.717, 1.165) is 5.57 Å². The van der Waals surface area contributed by atoms with Gasteiger partial charge in [0.1, 0.15) is 0 Å². The molecule has 1 aliphatic carbocycles. The van der Waals surface area contributed by atoms with E-state index in [-0.39, 0.29) is 0 Å². The SMILES string of the molecule is C=C1CCC(O)(C(=O)O)CC1. The second kappa shape index (κ2) is 2.66. The Kier molecular flexibility index (Phi) is 2.00. The zero-order valence-corrected chi connectivity index (χ0v) is 6.34. The largest absolute Gasteiger partial charge is 0.479 e. The lowest BCUT2D eigenvalue weighted by molar-refractivity contribution is -0.160. The van der Waals surface area contributed by atoms with Crippen LogP contribution in [0.4, 0.5) is 0 Å². The van der Waals surface area contributed by atoms with E-state index in [1.54, 1.807) is 0 Å². The van der Waals surface area contributed by atoms with Gasteiger partial charge in [-0.15, -0.1) is 0 Å². The number of aliphatic carboxylic acids is 1. The van der Waals surface area contributed by atoms with E-state index in [2.05, 4.69) is 6.58 Å². The first-order valence-electron chi connectivity index (χ1n) is 3.67.